The molecule has 11 rings (SSSR count). The molecule has 0 N–H and O–H groups in total. The van der Waals surface area contributed by atoms with Gasteiger partial charge in [0.25, 0.3) is 0 Å². The zero-order chi connectivity index (χ0) is 33.5. The summed E-state index contributed by atoms with van der Waals surface area (Å²) in [6, 6.07) is 64.8. The molecule has 0 saturated heterocycles. The predicted molar refractivity (Wildman–Crippen MR) is 223 cm³/mol. The Bertz CT molecular complexity index is 3120. The Kier molecular flexibility index (Phi) is 6.36. The van der Waals surface area contributed by atoms with Gasteiger partial charge in [0.05, 0.1) is 11.0 Å². The van der Waals surface area contributed by atoms with Crippen molar-refractivity contribution in [2.24, 2.45) is 0 Å². The number of fused-ring (bicyclic) bond motifs is 9. The maximum atomic E-state index is 2.40. The molecule has 0 fully saturated rings. The van der Waals surface area contributed by atoms with Crippen molar-refractivity contribution in [1.82, 2.24) is 4.57 Å². The molecule has 3 heteroatoms. The molecule has 0 aliphatic carbocycles. The molecule has 0 radical (unpaired) electrons. The van der Waals surface area contributed by atoms with Crippen LogP contribution in [0, 0.1) is 0 Å². The maximum absolute atomic E-state index is 2.40. The van der Waals surface area contributed by atoms with Gasteiger partial charge >= 0.3 is 0 Å². The van der Waals surface area contributed by atoms with E-state index >= 15 is 0 Å². The highest BCUT2D eigenvalue weighted by molar-refractivity contribution is 7.26. The fraction of sp³-hybridized carbons (Fsp3) is 0. The summed E-state index contributed by atoms with van der Waals surface area (Å²) >= 11 is 3.77. The van der Waals surface area contributed by atoms with Crippen LogP contribution in [-0.4, -0.2) is 4.57 Å². The Labute approximate surface area is 302 Å². The second-order valence-electron chi connectivity index (χ2n) is 13.3. The lowest BCUT2D eigenvalue weighted by Gasteiger charge is -2.10. The smallest absolute Gasteiger partial charge is 0.0541 e. The first-order valence-corrected chi connectivity index (χ1v) is 19.0. The third kappa shape index (κ3) is 4.52. The van der Waals surface area contributed by atoms with Gasteiger partial charge in [-0.1, -0.05) is 115 Å². The van der Waals surface area contributed by atoms with E-state index in [9.17, 15) is 0 Å². The van der Waals surface area contributed by atoms with Crippen molar-refractivity contribution in [1.29, 1.82) is 0 Å². The zero-order valence-corrected chi connectivity index (χ0v) is 29.1. The van der Waals surface area contributed by atoms with Gasteiger partial charge in [-0.2, -0.15) is 0 Å². The van der Waals surface area contributed by atoms with E-state index in [1.165, 1.54) is 101 Å². The molecule has 0 aliphatic rings. The lowest BCUT2D eigenvalue weighted by Crippen LogP contribution is -1.93. The maximum Gasteiger partial charge on any atom is 0.0541 e. The second kappa shape index (κ2) is 11.3. The largest absolute Gasteiger partial charge is 0.309 e. The van der Waals surface area contributed by atoms with E-state index < -0.39 is 0 Å². The fourth-order valence-electron chi connectivity index (χ4n) is 7.96. The van der Waals surface area contributed by atoms with Crippen molar-refractivity contribution >= 4 is 84.8 Å². The number of hydrogen-bond acceptors (Lipinski definition) is 2. The summed E-state index contributed by atoms with van der Waals surface area (Å²) in [4.78, 5) is 0. The van der Waals surface area contributed by atoms with Crippen LogP contribution in [-0.2, 0) is 0 Å². The third-order valence-corrected chi connectivity index (χ3v) is 12.8. The first-order valence-electron chi connectivity index (χ1n) is 17.3. The Morgan fingerprint density at radius 2 is 0.882 bits per heavy atom. The molecule has 1 nitrogen and oxygen atoms in total. The predicted octanol–water partition coefficient (Wildman–Crippen LogP) is 14.5. The van der Waals surface area contributed by atoms with E-state index in [1.54, 1.807) is 0 Å². The summed E-state index contributed by atoms with van der Waals surface area (Å²) in [6.45, 7) is 0. The Morgan fingerprint density at radius 3 is 1.71 bits per heavy atom. The zero-order valence-electron chi connectivity index (χ0n) is 27.5. The quantitative estimate of drug-likeness (QED) is 0.174. The van der Waals surface area contributed by atoms with Crippen LogP contribution in [0.1, 0.15) is 0 Å². The van der Waals surface area contributed by atoms with Crippen LogP contribution in [0.2, 0.25) is 0 Å². The number of aromatic nitrogens is 1. The van der Waals surface area contributed by atoms with Crippen LogP contribution < -0.4 is 0 Å². The van der Waals surface area contributed by atoms with Gasteiger partial charge in [0.2, 0.25) is 0 Å². The molecule has 8 aromatic carbocycles. The van der Waals surface area contributed by atoms with Crippen LogP contribution in [0.3, 0.4) is 0 Å². The molecule has 0 amide bonds. The fourth-order valence-corrected chi connectivity index (χ4v) is 10.3. The van der Waals surface area contributed by atoms with Gasteiger partial charge in [0.1, 0.15) is 0 Å². The molecule has 0 saturated carbocycles. The van der Waals surface area contributed by atoms with Crippen molar-refractivity contribution in [2.45, 2.75) is 0 Å². The van der Waals surface area contributed by atoms with E-state index in [1.807, 2.05) is 22.7 Å². The first kappa shape index (κ1) is 28.8. The third-order valence-electron chi connectivity index (χ3n) is 10.4. The highest BCUT2D eigenvalue weighted by Crippen LogP contribution is 2.44. The van der Waals surface area contributed by atoms with Gasteiger partial charge in [0, 0.05) is 56.8 Å². The van der Waals surface area contributed by atoms with E-state index in [0.717, 1.165) is 0 Å². The van der Waals surface area contributed by atoms with Crippen LogP contribution in [0.4, 0.5) is 0 Å². The lowest BCUT2D eigenvalue weighted by atomic mass is 9.98. The minimum absolute atomic E-state index is 1.17. The molecule has 238 valence electrons. The molecule has 51 heavy (non-hydrogen) atoms. The molecule has 3 aromatic heterocycles. The average Bonchev–Trinajstić information content (AvgIpc) is 3.87. The van der Waals surface area contributed by atoms with Crippen LogP contribution in [0.5, 0.6) is 0 Å². The van der Waals surface area contributed by atoms with Crippen LogP contribution >= 0.6 is 22.7 Å². The highest BCUT2D eigenvalue weighted by Gasteiger charge is 2.16. The molecular weight excluding hydrogens is 655 g/mol. The molecule has 0 atom stereocenters. The Balaban J connectivity index is 1.03. The summed E-state index contributed by atoms with van der Waals surface area (Å²) in [6.07, 6.45) is 0. The first-order chi connectivity index (χ1) is 25.3. The van der Waals surface area contributed by atoms with Crippen molar-refractivity contribution < 1.29 is 0 Å². The van der Waals surface area contributed by atoms with E-state index in [0.29, 0.717) is 0 Å². The van der Waals surface area contributed by atoms with Gasteiger partial charge in [-0.05, 0) is 94.0 Å². The Morgan fingerprint density at radius 1 is 0.314 bits per heavy atom. The van der Waals surface area contributed by atoms with Crippen molar-refractivity contribution in [3.63, 3.8) is 0 Å². The minimum atomic E-state index is 1.17. The number of para-hydroxylation sites is 1. The van der Waals surface area contributed by atoms with E-state index in [4.69, 9.17) is 0 Å². The number of hydrogen-bond donors (Lipinski definition) is 0. The molecule has 0 unspecified atom stereocenters. The number of thiophene rings is 2. The van der Waals surface area contributed by atoms with E-state index in [2.05, 4.69) is 180 Å². The topological polar surface area (TPSA) is 4.93 Å². The average molecular weight is 684 g/mol. The van der Waals surface area contributed by atoms with E-state index in [-0.39, 0.29) is 0 Å². The molecule has 0 bridgehead atoms. The molecule has 0 aliphatic heterocycles. The van der Waals surface area contributed by atoms with Gasteiger partial charge in [-0.3, -0.25) is 0 Å². The number of nitrogens with zero attached hydrogens (tertiary/aromatic N) is 1. The summed E-state index contributed by atoms with van der Waals surface area (Å²) in [5, 5.41) is 7.86. The van der Waals surface area contributed by atoms with Crippen LogP contribution in [0.15, 0.2) is 176 Å². The molecule has 0 spiro atoms. The molecular formula is C48H29NS2. The summed E-state index contributed by atoms with van der Waals surface area (Å²) < 4.78 is 7.74. The molecule has 3 heterocycles. The van der Waals surface area contributed by atoms with Crippen molar-refractivity contribution in [3.8, 4) is 39.1 Å². The van der Waals surface area contributed by atoms with Gasteiger partial charge in [0.15, 0.2) is 0 Å². The summed E-state index contributed by atoms with van der Waals surface area (Å²) in [7, 11) is 0. The standard InChI is InChI=1S/C48H29NS2/c1-2-9-30(10-3-1)31-17-22-35(23-18-31)49-43-15-6-4-11-37(43)40-29-34(19-24-44(40)49)36-13-8-14-39-42-28-33(21-26-47(42)51-48(36)39)32-20-25-46-41(27-32)38-12-5-7-16-45(38)50-46/h1-29H. The number of rotatable bonds is 4. The van der Waals surface area contributed by atoms with Crippen molar-refractivity contribution in [2.75, 3.05) is 0 Å². The van der Waals surface area contributed by atoms with Crippen molar-refractivity contribution in [3.05, 3.63) is 176 Å². The minimum Gasteiger partial charge on any atom is -0.309 e. The van der Waals surface area contributed by atoms with Gasteiger partial charge < -0.3 is 4.57 Å². The van der Waals surface area contributed by atoms with Crippen LogP contribution in [0.25, 0.3) is 101 Å². The Hall–Kier alpha value is -6.00. The number of benzene rings is 8. The van der Waals surface area contributed by atoms with Gasteiger partial charge in [-0.25, -0.2) is 0 Å². The second-order valence-corrected chi connectivity index (χ2v) is 15.4. The lowest BCUT2D eigenvalue weighted by molar-refractivity contribution is 1.18. The summed E-state index contributed by atoms with van der Waals surface area (Å²) in [5.74, 6) is 0. The monoisotopic (exact) mass is 683 g/mol. The SMILES string of the molecule is c1ccc(-c2ccc(-n3c4ccccc4c4cc(-c5cccc6c5sc5ccc(-c7ccc8sc9ccccc9c8c7)cc56)ccc43)cc2)cc1. The highest BCUT2D eigenvalue weighted by atomic mass is 32.1. The normalized spacial score (nSPS) is 11.9. The summed E-state index contributed by atoms with van der Waals surface area (Å²) in [5.41, 5.74) is 11.1. The molecule has 11 aromatic rings. The van der Waals surface area contributed by atoms with Gasteiger partial charge in [-0.15, -0.1) is 22.7 Å².